The number of amides is 1. The number of carbonyl (C=O) groups excluding carboxylic acids is 1. The number of aromatic amines is 1. The predicted octanol–water partition coefficient (Wildman–Crippen LogP) is 3.14. The molecule has 6 heteroatoms. The van der Waals surface area contributed by atoms with Crippen LogP contribution in [0.25, 0.3) is 6.08 Å². The summed E-state index contributed by atoms with van der Waals surface area (Å²) in [5.74, 6) is 1.17. The zero-order chi connectivity index (χ0) is 19.6. The lowest BCUT2D eigenvalue weighted by Crippen LogP contribution is -2.22. The lowest BCUT2D eigenvalue weighted by molar-refractivity contribution is -0.116. The first kappa shape index (κ1) is 20.3. The van der Waals surface area contributed by atoms with E-state index in [0.29, 0.717) is 24.8 Å². The molecule has 0 radical (unpaired) electrons. The maximum absolute atomic E-state index is 12.0. The van der Waals surface area contributed by atoms with Gasteiger partial charge in [0.15, 0.2) is 5.75 Å². The third-order valence-corrected chi connectivity index (χ3v) is 3.58. The average Bonchev–Trinajstić information content (AvgIpc) is 2.65. The van der Waals surface area contributed by atoms with Gasteiger partial charge in [0, 0.05) is 24.0 Å². The molecule has 1 heterocycles. The Labute approximate surface area is 159 Å². The molecule has 1 aromatic heterocycles. The summed E-state index contributed by atoms with van der Waals surface area (Å²) in [5.41, 5.74) is 1.30. The summed E-state index contributed by atoms with van der Waals surface area (Å²) >= 11 is 0. The highest BCUT2D eigenvalue weighted by molar-refractivity contribution is 5.91. The molecule has 2 rings (SSSR count). The van der Waals surface area contributed by atoms with Crippen molar-refractivity contribution in [1.82, 2.24) is 10.3 Å². The van der Waals surface area contributed by atoms with Gasteiger partial charge in [-0.25, -0.2) is 0 Å². The number of nitrogens with one attached hydrogen (secondary N) is 2. The SMILES string of the molecule is CCOc1ccc(/C=C/C(=O)NCc2cc(=O)c(OCC(C)C)c[nH]2)cc1. The fourth-order valence-electron chi connectivity index (χ4n) is 2.23. The Morgan fingerprint density at radius 1 is 1.22 bits per heavy atom. The van der Waals surface area contributed by atoms with Crippen LogP contribution in [0.15, 0.2) is 47.4 Å². The van der Waals surface area contributed by atoms with Gasteiger partial charge in [-0.3, -0.25) is 9.59 Å². The van der Waals surface area contributed by atoms with Gasteiger partial charge in [-0.1, -0.05) is 26.0 Å². The van der Waals surface area contributed by atoms with Crippen LogP contribution in [-0.4, -0.2) is 24.1 Å². The third kappa shape index (κ3) is 7.01. The van der Waals surface area contributed by atoms with E-state index in [4.69, 9.17) is 9.47 Å². The molecule has 2 aromatic rings. The second kappa shape index (κ2) is 10.2. The lowest BCUT2D eigenvalue weighted by atomic mass is 10.2. The zero-order valence-corrected chi connectivity index (χ0v) is 16.0. The maximum atomic E-state index is 12.0. The Hall–Kier alpha value is -3.02. The number of rotatable bonds is 9. The van der Waals surface area contributed by atoms with Crippen molar-refractivity contribution in [2.75, 3.05) is 13.2 Å². The van der Waals surface area contributed by atoms with Crippen LogP contribution in [0.5, 0.6) is 11.5 Å². The molecule has 144 valence electrons. The summed E-state index contributed by atoms with van der Waals surface area (Å²) in [4.78, 5) is 26.9. The van der Waals surface area contributed by atoms with Crippen LogP contribution in [0, 0.1) is 5.92 Å². The quantitative estimate of drug-likeness (QED) is 0.665. The Balaban J connectivity index is 1.85. The number of pyridine rings is 1. The van der Waals surface area contributed by atoms with E-state index in [1.54, 1.807) is 6.08 Å². The Kier molecular flexibility index (Phi) is 7.67. The maximum Gasteiger partial charge on any atom is 0.244 e. The first-order valence-electron chi connectivity index (χ1n) is 9.01. The molecule has 0 aliphatic heterocycles. The molecule has 2 N–H and O–H groups in total. The van der Waals surface area contributed by atoms with E-state index in [1.165, 1.54) is 18.3 Å². The average molecular weight is 370 g/mol. The van der Waals surface area contributed by atoms with E-state index in [0.717, 1.165) is 11.3 Å². The molecule has 0 bridgehead atoms. The van der Waals surface area contributed by atoms with Crippen LogP contribution >= 0.6 is 0 Å². The summed E-state index contributed by atoms with van der Waals surface area (Å²) in [6.07, 6.45) is 4.70. The molecule has 0 aliphatic carbocycles. The molecule has 0 aliphatic rings. The van der Waals surface area contributed by atoms with Crippen LogP contribution < -0.4 is 20.2 Å². The zero-order valence-electron chi connectivity index (χ0n) is 16.0. The largest absolute Gasteiger partial charge is 0.494 e. The fraction of sp³-hybridized carbons (Fsp3) is 0.333. The van der Waals surface area contributed by atoms with Gasteiger partial charge < -0.3 is 19.8 Å². The van der Waals surface area contributed by atoms with Crippen LogP contribution in [0.2, 0.25) is 0 Å². The minimum Gasteiger partial charge on any atom is -0.494 e. The summed E-state index contributed by atoms with van der Waals surface area (Å²) in [5, 5.41) is 2.74. The van der Waals surface area contributed by atoms with E-state index in [1.807, 2.05) is 45.0 Å². The van der Waals surface area contributed by atoms with Gasteiger partial charge in [0.2, 0.25) is 11.3 Å². The second-order valence-electron chi connectivity index (χ2n) is 6.44. The van der Waals surface area contributed by atoms with E-state index in [-0.39, 0.29) is 23.6 Å². The topological polar surface area (TPSA) is 80.4 Å². The fourth-order valence-corrected chi connectivity index (χ4v) is 2.23. The van der Waals surface area contributed by atoms with Crippen molar-refractivity contribution in [3.05, 3.63) is 64.1 Å². The molecule has 0 saturated heterocycles. The predicted molar refractivity (Wildman–Crippen MR) is 106 cm³/mol. The lowest BCUT2D eigenvalue weighted by Gasteiger charge is -2.09. The Morgan fingerprint density at radius 3 is 2.59 bits per heavy atom. The van der Waals surface area contributed by atoms with Crippen LogP contribution in [0.1, 0.15) is 32.0 Å². The van der Waals surface area contributed by atoms with E-state index in [9.17, 15) is 9.59 Å². The highest BCUT2D eigenvalue weighted by atomic mass is 16.5. The molecule has 0 atom stereocenters. The monoisotopic (exact) mass is 370 g/mol. The molecule has 6 nitrogen and oxygen atoms in total. The first-order valence-corrected chi connectivity index (χ1v) is 9.01. The number of H-pyrrole nitrogens is 1. The standard InChI is InChI=1S/C21H26N2O4/c1-4-26-18-8-5-16(6-9-18)7-10-21(25)23-12-17-11-19(24)20(13-22-17)27-14-15(2)3/h5-11,13,15H,4,12,14H2,1-3H3,(H,22,24)(H,23,25)/b10-7+. The van der Waals surface area contributed by atoms with Gasteiger partial charge in [-0.2, -0.15) is 0 Å². The molecule has 1 aromatic carbocycles. The summed E-state index contributed by atoms with van der Waals surface area (Å²) < 4.78 is 10.8. The van der Waals surface area contributed by atoms with Crippen molar-refractivity contribution in [3.8, 4) is 11.5 Å². The molecule has 0 spiro atoms. The van der Waals surface area contributed by atoms with E-state index >= 15 is 0 Å². The van der Waals surface area contributed by atoms with Gasteiger partial charge in [-0.15, -0.1) is 0 Å². The van der Waals surface area contributed by atoms with Crippen LogP contribution in [0.4, 0.5) is 0 Å². The van der Waals surface area contributed by atoms with E-state index in [2.05, 4.69) is 10.3 Å². The van der Waals surface area contributed by atoms with Gasteiger partial charge in [-0.05, 0) is 36.6 Å². The van der Waals surface area contributed by atoms with Crippen LogP contribution in [0.3, 0.4) is 0 Å². The van der Waals surface area contributed by atoms with Gasteiger partial charge >= 0.3 is 0 Å². The molecular weight excluding hydrogens is 344 g/mol. The van der Waals surface area contributed by atoms with Crippen molar-refractivity contribution < 1.29 is 14.3 Å². The summed E-state index contributed by atoms with van der Waals surface area (Å²) in [6, 6.07) is 8.90. The number of ether oxygens (including phenoxy) is 2. The molecule has 0 unspecified atom stereocenters. The van der Waals surface area contributed by atoms with Crippen molar-refractivity contribution >= 4 is 12.0 Å². The number of aromatic nitrogens is 1. The second-order valence-corrected chi connectivity index (χ2v) is 6.44. The Bertz CT molecular complexity index is 823. The normalized spacial score (nSPS) is 11.0. The molecule has 0 fully saturated rings. The molecule has 1 amide bonds. The highest BCUT2D eigenvalue weighted by Gasteiger charge is 2.05. The number of hydrogen-bond acceptors (Lipinski definition) is 4. The van der Waals surface area contributed by atoms with Crippen molar-refractivity contribution in [3.63, 3.8) is 0 Å². The van der Waals surface area contributed by atoms with Gasteiger partial charge in [0.25, 0.3) is 0 Å². The van der Waals surface area contributed by atoms with Crippen molar-refractivity contribution in [2.45, 2.75) is 27.3 Å². The highest BCUT2D eigenvalue weighted by Crippen LogP contribution is 2.13. The number of benzene rings is 1. The molecule has 0 saturated carbocycles. The van der Waals surface area contributed by atoms with E-state index < -0.39 is 0 Å². The minimum atomic E-state index is -0.245. The van der Waals surface area contributed by atoms with Gasteiger partial charge in [0.05, 0.1) is 19.8 Å². The Morgan fingerprint density at radius 2 is 1.96 bits per heavy atom. The van der Waals surface area contributed by atoms with Gasteiger partial charge in [0.1, 0.15) is 5.75 Å². The molecular formula is C21H26N2O4. The van der Waals surface area contributed by atoms with Crippen molar-refractivity contribution in [2.24, 2.45) is 5.92 Å². The summed E-state index contributed by atoms with van der Waals surface area (Å²) in [6.45, 7) is 7.28. The van der Waals surface area contributed by atoms with Crippen molar-refractivity contribution in [1.29, 1.82) is 0 Å². The first-order chi connectivity index (χ1) is 13.0. The minimum absolute atomic E-state index is 0.205. The third-order valence-electron chi connectivity index (χ3n) is 3.58. The van der Waals surface area contributed by atoms with Crippen LogP contribution in [-0.2, 0) is 11.3 Å². The summed E-state index contributed by atoms with van der Waals surface area (Å²) in [7, 11) is 0. The number of hydrogen-bond donors (Lipinski definition) is 2. The molecule has 27 heavy (non-hydrogen) atoms. The smallest absolute Gasteiger partial charge is 0.244 e. The number of carbonyl (C=O) groups is 1.